The summed E-state index contributed by atoms with van der Waals surface area (Å²) in [5, 5.41) is 25.6. The van der Waals surface area contributed by atoms with Gasteiger partial charge in [0.15, 0.2) is 5.69 Å². The summed E-state index contributed by atoms with van der Waals surface area (Å²) < 4.78 is 0. The van der Waals surface area contributed by atoms with Crippen LogP contribution in [0.5, 0.6) is 0 Å². The van der Waals surface area contributed by atoms with E-state index in [9.17, 15) is 4.79 Å². The standard InChI is InChI=1S/C12H21N5O2/c1-3-14-12(19)10-4-5-11(17-16-10)15-7-6-13-8-9(2)18/h4-5,9,13,18H,3,6-8H2,1-2H3,(H,14,19)(H,15,17). The van der Waals surface area contributed by atoms with Gasteiger partial charge in [0, 0.05) is 26.2 Å². The first-order valence-electron chi connectivity index (χ1n) is 6.38. The van der Waals surface area contributed by atoms with Gasteiger partial charge < -0.3 is 21.1 Å². The van der Waals surface area contributed by atoms with Crippen molar-refractivity contribution in [3.63, 3.8) is 0 Å². The second-order valence-corrected chi connectivity index (χ2v) is 4.14. The maximum Gasteiger partial charge on any atom is 0.271 e. The summed E-state index contributed by atoms with van der Waals surface area (Å²) in [4.78, 5) is 11.5. The van der Waals surface area contributed by atoms with Crippen LogP contribution in [0, 0.1) is 0 Å². The number of aliphatic hydroxyl groups is 1. The molecule has 0 aliphatic heterocycles. The van der Waals surface area contributed by atoms with E-state index in [-0.39, 0.29) is 12.0 Å². The van der Waals surface area contributed by atoms with E-state index < -0.39 is 0 Å². The molecule has 1 rings (SSSR count). The first-order valence-corrected chi connectivity index (χ1v) is 6.38. The number of hydrogen-bond acceptors (Lipinski definition) is 6. The molecular formula is C12H21N5O2. The summed E-state index contributed by atoms with van der Waals surface area (Å²) in [5.74, 6) is 0.395. The van der Waals surface area contributed by atoms with Crippen molar-refractivity contribution >= 4 is 11.7 Å². The monoisotopic (exact) mass is 267 g/mol. The molecule has 1 heterocycles. The Labute approximate surface area is 112 Å². The highest BCUT2D eigenvalue weighted by Gasteiger charge is 2.06. The fraction of sp³-hybridized carbons (Fsp3) is 0.583. The molecule has 1 aromatic heterocycles. The van der Waals surface area contributed by atoms with E-state index in [0.29, 0.717) is 37.7 Å². The molecular weight excluding hydrogens is 246 g/mol. The Balaban J connectivity index is 2.30. The summed E-state index contributed by atoms with van der Waals surface area (Å²) in [6.07, 6.45) is -0.351. The lowest BCUT2D eigenvalue weighted by Gasteiger charge is -2.08. The SMILES string of the molecule is CCNC(=O)c1ccc(NCCNCC(C)O)nn1. The number of aliphatic hydroxyl groups excluding tert-OH is 1. The van der Waals surface area contributed by atoms with Crippen LogP contribution in [-0.2, 0) is 0 Å². The van der Waals surface area contributed by atoms with E-state index in [1.807, 2.05) is 6.92 Å². The Bertz CT molecular complexity index is 380. The van der Waals surface area contributed by atoms with Gasteiger partial charge in [-0.15, -0.1) is 10.2 Å². The van der Waals surface area contributed by atoms with Gasteiger partial charge in [-0.1, -0.05) is 0 Å². The van der Waals surface area contributed by atoms with Crippen LogP contribution in [0.2, 0.25) is 0 Å². The minimum absolute atomic E-state index is 0.222. The zero-order valence-corrected chi connectivity index (χ0v) is 11.3. The van der Waals surface area contributed by atoms with Crippen molar-refractivity contribution in [3.05, 3.63) is 17.8 Å². The van der Waals surface area contributed by atoms with Crippen molar-refractivity contribution in [1.82, 2.24) is 20.8 Å². The molecule has 0 saturated carbocycles. The van der Waals surface area contributed by atoms with Crippen molar-refractivity contribution in [2.24, 2.45) is 0 Å². The van der Waals surface area contributed by atoms with Gasteiger partial charge >= 0.3 is 0 Å². The predicted molar refractivity (Wildman–Crippen MR) is 73.1 cm³/mol. The number of nitrogens with zero attached hydrogens (tertiary/aromatic N) is 2. The zero-order valence-electron chi connectivity index (χ0n) is 11.3. The molecule has 0 saturated heterocycles. The van der Waals surface area contributed by atoms with Gasteiger partial charge in [-0.05, 0) is 26.0 Å². The molecule has 0 bridgehead atoms. The molecule has 1 amide bonds. The number of carbonyl (C=O) groups excluding carboxylic acids is 1. The van der Waals surface area contributed by atoms with Gasteiger partial charge in [0.25, 0.3) is 5.91 Å². The molecule has 19 heavy (non-hydrogen) atoms. The minimum atomic E-state index is -0.351. The van der Waals surface area contributed by atoms with Gasteiger partial charge in [-0.3, -0.25) is 4.79 Å². The first-order chi connectivity index (χ1) is 9.13. The molecule has 1 aromatic rings. The fourth-order valence-corrected chi connectivity index (χ4v) is 1.39. The van der Waals surface area contributed by atoms with Gasteiger partial charge in [0.2, 0.25) is 0 Å². The largest absolute Gasteiger partial charge is 0.392 e. The van der Waals surface area contributed by atoms with Crippen molar-refractivity contribution in [3.8, 4) is 0 Å². The van der Waals surface area contributed by atoms with Gasteiger partial charge in [-0.25, -0.2) is 0 Å². The summed E-state index contributed by atoms with van der Waals surface area (Å²) in [6, 6.07) is 3.34. The minimum Gasteiger partial charge on any atom is -0.392 e. The van der Waals surface area contributed by atoms with E-state index in [1.54, 1.807) is 19.1 Å². The van der Waals surface area contributed by atoms with Crippen molar-refractivity contribution in [2.45, 2.75) is 20.0 Å². The number of amides is 1. The lowest BCUT2D eigenvalue weighted by molar-refractivity contribution is 0.0950. The summed E-state index contributed by atoms with van der Waals surface area (Å²) >= 11 is 0. The van der Waals surface area contributed by atoms with E-state index in [1.165, 1.54) is 0 Å². The van der Waals surface area contributed by atoms with Gasteiger partial charge in [0.05, 0.1) is 6.10 Å². The first kappa shape index (κ1) is 15.3. The number of rotatable bonds is 8. The van der Waals surface area contributed by atoms with Crippen LogP contribution in [-0.4, -0.2) is 53.5 Å². The van der Waals surface area contributed by atoms with Crippen molar-refractivity contribution in [2.75, 3.05) is 31.5 Å². The summed E-state index contributed by atoms with van der Waals surface area (Å²) in [5.41, 5.74) is 0.305. The molecule has 0 aromatic carbocycles. The van der Waals surface area contributed by atoms with Gasteiger partial charge in [0.1, 0.15) is 5.82 Å². The van der Waals surface area contributed by atoms with Crippen LogP contribution in [0.25, 0.3) is 0 Å². The molecule has 7 heteroatoms. The predicted octanol–water partition coefficient (Wildman–Crippen LogP) is -0.391. The number of aromatic nitrogens is 2. The second kappa shape index (κ2) is 8.39. The normalized spacial score (nSPS) is 11.9. The Morgan fingerprint density at radius 3 is 2.74 bits per heavy atom. The zero-order chi connectivity index (χ0) is 14.1. The molecule has 1 atom stereocenters. The number of anilines is 1. The Morgan fingerprint density at radius 1 is 1.37 bits per heavy atom. The van der Waals surface area contributed by atoms with E-state index in [0.717, 1.165) is 0 Å². The van der Waals surface area contributed by atoms with E-state index in [2.05, 4.69) is 26.1 Å². The third-order valence-electron chi connectivity index (χ3n) is 2.28. The van der Waals surface area contributed by atoms with E-state index >= 15 is 0 Å². The average molecular weight is 267 g/mol. The molecule has 0 fully saturated rings. The lowest BCUT2D eigenvalue weighted by Crippen LogP contribution is -2.29. The summed E-state index contributed by atoms with van der Waals surface area (Å²) in [6.45, 7) is 6.08. The summed E-state index contributed by atoms with van der Waals surface area (Å²) in [7, 11) is 0. The quantitative estimate of drug-likeness (QED) is 0.479. The number of hydrogen-bond donors (Lipinski definition) is 4. The second-order valence-electron chi connectivity index (χ2n) is 4.14. The highest BCUT2D eigenvalue weighted by Crippen LogP contribution is 2.01. The van der Waals surface area contributed by atoms with Crippen LogP contribution in [0.4, 0.5) is 5.82 Å². The smallest absolute Gasteiger partial charge is 0.271 e. The van der Waals surface area contributed by atoms with Crippen LogP contribution in [0.3, 0.4) is 0 Å². The average Bonchev–Trinajstić information content (AvgIpc) is 2.39. The highest BCUT2D eigenvalue weighted by atomic mass is 16.3. The molecule has 0 radical (unpaired) electrons. The highest BCUT2D eigenvalue weighted by molar-refractivity contribution is 5.92. The van der Waals surface area contributed by atoms with Crippen LogP contribution in [0.1, 0.15) is 24.3 Å². The van der Waals surface area contributed by atoms with E-state index in [4.69, 9.17) is 5.11 Å². The molecule has 0 spiro atoms. The maximum atomic E-state index is 11.5. The van der Waals surface area contributed by atoms with Crippen LogP contribution < -0.4 is 16.0 Å². The topological polar surface area (TPSA) is 99.2 Å². The third kappa shape index (κ3) is 6.12. The van der Waals surface area contributed by atoms with Crippen molar-refractivity contribution in [1.29, 1.82) is 0 Å². The molecule has 7 nitrogen and oxygen atoms in total. The Morgan fingerprint density at radius 2 is 2.16 bits per heavy atom. The molecule has 4 N–H and O–H groups in total. The van der Waals surface area contributed by atoms with Crippen LogP contribution in [0.15, 0.2) is 12.1 Å². The molecule has 106 valence electrons. The lowest BCUT2D eigenvalue weighted by atomic mass is 10.3. The maximum absolute atomic E-state index is 11.5. The fourth-order valence-electron chi connectivity index (χ4n) is 1.39. The van der Waals surface area contributed by atoms with Gasteiger partial charge in [-0.2, -0.15) is 0 Å². The number of carbonyl (C=O) groups is 1. The number of nitrogens with one attached hydrogen (secondary N) is 3. The Hall–Kier alpha value is -1.73. The third-order valence-corrected chi connectivity index (χ3v) is 2.28. The Kier molecular flexibility index (Phi) is 6.76. The van der Waals surface area contributed by atoms with Crippen molar-refractivity contribution < 1.29 is 9.90 Å². The molecule has 0 aliphatic rings. The van der Waals surface area contributed by atoms with Crippen LogP contribution >= 0.6 is 0 Å². The molecule has 1 unspecified atom stereocenters. The molecule has 0 aliphatic carbocycles.